The van der Waals surface area contributed by atoms with Crippen LogP contribution in [0.3, 0.4) is 0 Å². The first-order valence-corrected chi connectivity index (χ1v) is 10.5. The number of alkyl halides is 3. The maximum Gasteiger partial charge on any atom is 0.417 e. The fourth-order valence-electron chi connectivity index (χ4n) is 3.41. The van der Waals surface area contributed by atoms with Crippen LogP contribution in [0.2, 0.25) is 0 Å². The van der Waals surface area contributed by atoms with Gasteiger partial charge < -0.3 is 14.4 Å². The third kappa shape index (κ3) is 3.70. The Labute approximate surface area is 170 Å². The fourth-order valence-corrected chi connectivity index (χ4v) is 5.04. The molecule has 0 atom stereocenters. The van der Waals surface area contributed by atoms with Crippen LogP contribution in [0.4, 0.5) is 13.2 Å². The standard InChI is InChI=1S/C19H17F3N2O5S/c20-19(21,22)14-3-1-2-4-17(14)30(26,27)24-9-7-23(8-10-24)18(25)13-5-6-15-16(11-13)29-12-28-15/h1-6,11H,7-10,12H2. The first-order chi connectivity index (χ1) is 14.2. The van der Waals surface area contributed by atoms with Gasteiger partial charge in [-0.25, -0.2) is 8.42 Å². The van der Waals surface area contributed by atoms with Crippen molar-refractivity contribution in [3.8, 4) is 11.5 Å². The number of fused-ring (bicyclic) bond motifs is 1. The lowest BCUT2D eigenvalue weighted by Crippen LogP contribution is -2.50. The Morgan fingerprint density at radius 3 is 2.30 bits per heavy atom. The Hall–Kier alpha value is -2.79. The van der Waals surface area contributed by atoms with Gasteiger partial charge in [-0.1, -0.05) is 12.1 Å². The number of sulfonamides is 1. The summed E-state index contributed by atoms with van der Waals surface area (Å²) >= 11 is 0. The molecule has 0 spiro atoms. The largest absolute Gasteiger partial charge is 0.454 e. The summed E-state index contributed by atoms with van der Waals surface area (Å²) in [7, 11) is -4.36. The van der Waals surface area contributed by atoms with Crippen LogP contribution in [0.5, 0.6) is 11.5 Å². The van der Waals surface area contributed by atoms with Crippen LogP contribution in [0.1, 0.15) is 15.9 Å². The highest BCUT2D eigenvalue weighted by molar-refractivity contribution is 7.89. The van der Waals surface area contributed by atoms with Crippen molar-refractivity contribution >= 4 is 15.9 Å². The molecule has 2 aromatic carbocycles. The number of benzene rings is 2. The lowest BCUT2D eigenvalue weighted by Gasteiger charge is -2.34. The zero-order valence-corrected chi connectivity index (χ0v) is 16.4. The maximum atomic E-state index is 13.2. The smallest absolute Gasteiger partial charge is 0.417 e. The average molecular weight is 442 g/mol. The molecule has 1 amide bonds. The number of rotatable bonds is 3. The van der Waals surface area contributed by atoms with E-state index in [4.69, 9.17) is 9.47 Å². The van der Waals surface area contributed by atoms with Crippen LogP contribution in [0, 0.1) is 0 Å². The number of hydrogen-bond donors (Lipinski definition) is 0. The molecule has 11 heteroatoms. The van der Waals surface area contributed by atoms with Gasteiger partial charge in [-0.3, -0.25) is 4.79 Å². The molecule has 2 aliphatic heterocycles. The van der Waals surface area contributed by atoms with Crippen LogP contribution < -0.4 is 9.47 Å². The number of carbonyl (C=O) groups is 1. The van der Waals surface area contributed by atoms with Crippen LogP contribution in [0.15, 0.2) is 47.4 Å². The number of hydrogen-bond acceptors (Lipinski definition) is 5. The Bertz CT molecular complexity index is 1080. The van der Waals surface area contributed by atoms with Crippen LogP contribution in [-0.2, 0) is 16.2 Å². The second kappa shape index (κ2) is 7.47. The summed E-state index contributed by atoms with van der Waals surface area (Å²) in [6.07, 6.45) is -4.79. The van der Waals surface area contributed by atoms with E-state index in [0.717, 1.165) is 22.5 Å². The second-order valence-electron chi connectivity index (χ2n) is 6.76. The number of nitrogens with zero attached hydrogens (tertiary/aromatic N) is 2. The van der Waals surface area contributed by atoms with Crippen LogP contribution in [0.25, 0.3) is 0 Å². The van der Waals surface area contributed by atoms with E-state index in [-0.39, 0.29) is 38.9 Å². The molecule has 4 rings (SSSR count). The van der Waals surface area contributed by atoms with Gasteiger partial charge in [0, 0.05) is 31.7 Å². The highest BCUT2D eigenvalue weighted by Gasteiger charge is 2.39. The van der Waals surface area contributed by atoms with Gasteiger partial charge in [0.1, 0.15) is 0 Å². The number of carbonyl (C=O) groups excluding carboxylic acids is 1. The van der Waals surface area contributed by atoms with E-state index in [1.807, 2.05) is 0 Å². The minimum absolute atomic E-state index is 0.0562. The molecule has 30 heavy (non-hydrogen) atoms. The molecule has 0 radical (unpaired) electrons. The minimum Gasteiger partial charge on any atom is -0.454 e. The predicted molar refractivity (Wildman–Crippen MR) is 98.7 cm³/mol. The van der Waals surface area contributed by atoms with Crippen molar-refractivity contribution in [2.45, 2.75) is 11.1 Å². The highest BCUT2D eigenvalue weighted by Crippen LogP contribution is 2.36. The van der Waals surface area contributed by atoms with Crippen molar-refractivity contribution in [3.63, 3.8) is 0 Å². The fraction of sp³-hybridized carbons (Fsp3) is 0.316. The van der Waals surface area contributed by atoms with Gasteiger partial charge in [0.05, 0.1) is 10.5 Å². The van der Waals surface area contributed by atoms with Gasteiger partial charge in [0.15, 0.2) is 11.5 Å². The summed E-state index contributed by atoms with van der Waals surface area (Å²) in [5, 5.41) is 0. The van der Waals surface area contributed by atoms with Crippen LogP contribution in [-0.4, -0.2) is 56.5 Å². The van der Waals surface area contributed by atoms with E-state index in [1.165, 1.54) is 11.0 Å². The van der Waals surface area contributed by atoms with Gasteiger partial charge in [-0.15, -0.1) is 0 Å². The second-order valence-corrected chi connectivity index (χ2v) is 8.66. The van der Waals surface area contributed by atoms with Crippen molar-refractivity contribution in [2.75, 3.05) is 33.0 Å². The quantitative estimate of drug-likeness (QED) is 0.731. The van der Waals surface area contributed by atoms with E-state index >= 15 is 0 Å². The number of ether oxygens (including phenoxy) is 2. The highest BCUT2D eigenvalue weighted by atomic mass is 32.2. The molecule has 0 N–H and O–H groups in total. The maximum absolute atomic E-state index is 13.2. The molecule has 0 saturated carbocycles. The normalized spacial score (nSPS) is 17.2. The number of amides is 1. The van der Waals surface area contributed by atoms with Crippen molar-refractivity contribution in [1.29, 1.82) is 0 Å². The Kier molecular flexibility index (Phi) is 5.10. The van der Waals surface area contributed by atoms with Gasteiger partial charge >= 0.3 is 6.18 Å². The predicted octanol–water partition coefficient (Wildman–Crippen LogP) is 2.58. The zero-order valence-electron chi connectivity index (χ0n) is 15.6. The molecule has 0 aromatic heterocycles. The summed E-state index contributed by atoms with van der Waals surface area (Å²) in [4.78, 5) is 13.4. The zero-order chi connectivity index (χ0) is 21.5. The van der Waals surface area contributed by atoms with E-state index < -0.39 is 26.7 Å². The molecule has 0 aliphatic carbocycles. The molecule has 1 saturated heterocycles. The number of piperazine rings is 1. The Balaban J connectivity index is 1.49. The first-order valence-electron chi connectivity index (χ1n) is 9.03. The lowest BCUT2D eigenvalue weighted by molar-refractivity contribution is -0.139. The van der Waals surface area contributed by atoms with E-state index in [0.29, 0.717) is 17.1 Å². The van der Waals surface area contributed by atoms with Gasteiger partial charge in [0.25, 0.3) is 5.91 Å². The molecule has 0 bridgehead atoms. The van der Waals surface area contributed by atoms with Crippen molar-refractivity contribution < 1.29 is 35.9 Å². The van der Waals surface area contributed by atoms with Crippen molar-refractivity contribution in [3.05, 3.63) is 53.6 Å². The van der Waals surface area contributed by atoms with Gasteiger partial charge in [-0.2, -0.15) is 17.5 Å². The molecule has 2 heterocycles. The van der Waals surface area contributed by atoms with Gasteiger partial charge in [-0.05, 0) is 30.3 Å². The average Bonchev–Trinajstić information content (AvgIpc) is 3.20. The minimum atomic E-state index is -4.79. The molecule has 1 fully saturated rings. The summed E-state index contributed by atoms with van der Waals surface area (Å²) in [5.41, 5.74) is -0.846. The van der Waals surface area contributed by atoms with Gasteiger partial charge in [0.2, 0.25) is 16.8 Å². The summed E-state index contributed by atoms with van der Waals surface area (Å²) in [6, 6.07) is 8.83. The third-order valence-corrected chi connectivity index (χ3v) is 6.91. The molecule has 0 unspecified atom stereocenters. The molecular formula is C19H17F3N2O5S. The summed E-state index contributed by atoms with van der Waals surface area (Å²) in [5.74, 6) is 0.664. The molecule has 7 nitrogen and oxygen atoms in total. The molecular weight excluding hydrogens is 425 g/mol. The SMILES string of the molecule is O=C(c1ccc2c(c1)OCO2)N1CCN(S(=O)(=O)c2ccccc2C(F)(F)F)CC1. The van der Waals surface area contributed by atoms with E-state index in [2.05, 4.69) is 0 Å². The third-order valence-electron chi connectivity index (χ3n) is 4.96. The van der Waals surface area contributed by atoms with E-state index in [1.54, 1.807) is 18.2 Å². The van der Waals surface area contributed by atoms with Crippen molar-refractivity contribution in [2.24, 2.45) is 0 Å². The molecule has 2 aliphatic rings. The monoisotopic (exact) mass is 442 g/mol. The summed E-state index contributed by atoms with van der Waals surface area (Å²) < 4.78 is 76.8. The Morgan fingerprint density at radius 2 is 1.60 bits per heavy atom. The summed E-state index contributed by atoms with van der Waals surface area (Å²) in [6.45, 7) is -0.0279. The lowest BCUT2D eigenvalue weighted by atomic mass is 10.1. The van der Waals surface area contributed by atoms with Crippen LogP contribution >= 0.6 is 0 Å². The van der Waals surface area contributed by atoms with E-state index in [9.17, 15) is 26.4 Å². The topological polar surface area (TPSA) is 76.2 Å². The Morgan fingerprint density at radius 1 is 0.933 bits per heavy atom. The van der Waals surface area contributed by atoms with Crippen molar-refractivity contribution in [1.82, 2.24) is 9.21 Å². The first kappa shape index (κ1) is 20.5. The number of halogens is 3. The molecule has 2 aromatic rings. The molecule has 160 valence electrons.